The van der Waals surface area contributed by atoms with Crippen molar-refractivity contribution in [1.29, 1.82) is 0 Å². The van der Waals surface area contributed by atoms with Gasteiger partial charge in [0.2, 0.25) is 0 Å². The lowest BCUT2D eigenvalue weighted by Crippen LogP contribution is -2.18. The van der Waals surface area contributed by atoms with Gasteiger partial charge in [-0.05, 0) is 42.6 Å². The van der Waals surface area contributed by atoms with Crippen LogP contribution in [-0.4, -0.2) is 17.2 Å². The summed E-state index contributed by atoms with van der Waals surface area (Å²) >= 11 is 0. The summed E-state index contributed by atoms with van der Waals surface area (Å²) in [6, 6.07) is 8.34. The summed E-state index contributed by atoms with van der Waals surface area (Å²) in [5.74, 6) is 0.333. The van der Waals surface area contributed by atoms with Crippen LogP contribution in [0.4, 0.5) is 0 Å². The second kappa shape index (κ2) is 4.15. The van der Waals surface area contributed by atoms with Crippen molar-refractivity contribution >= 4 is 7.12 Å². The van der Waals surface area contributed by atoms with Gasteiger partial charge in [-0.15, -0.1) is 0 Å². The van der Waals surface area contributed by atoms with Crippen molar-refractivity contribution in [2.24, 2.45) is 0 Å². The van der Waals surface area contributed by atoms with Gasteiger partial charge in [0.25, 0.3) is 0 Å². The summed E-state index contributed by atoms with van der Waals surface area (Å²) in [6.07, 6.45) is 3.84. The fourth-order valence-electron chi connectivity index (χ4n) is 2.35. The highest BCUT2D eigenvalue weighted by atomic mass is 16.4. The molecule has 0 heterocycles. The van der Waals surface area contributed by atoms with E-state index >= 15 is 0 Å². The van der Waals surface area contributed by atoms with Gasteiger partial charge in [0.1, 0.15) is 0 Å². The second-order valence-corrected chi connectivity index (χ2v) is 4.00. The number of hydrogen-bond acceptors (Lipinski definition) is 2. The van der Waals surface area contributed by atoms with Gasteiger partial charge >= 0.3 is 7.12 Å². The molecule has 0 fully saturated rings. The van der Waals surface area contributed by atoms with Crippen molar-refractivity contribution in [2.75, 3.05) is 0 Å². The van der Waals surface area contributed by atoms with E-state index < -0.39 is 7.12 Å². The normalized spacial score (nSPS) is 20.3. The third-order valence-electron chi connectivity index (χ3n) is 2.99. The molecule has 0 aromatic heterocycles. The molecule has 0 amide bonds. The van der Waals surface area contributed by atoms with Crippen LogP contribution in [0.1, 0.15) is 29.9 Å². The molecule has 3 heteroatoms. The monoisotopic (exact) mass is 190 g/mol. The van der Waals surface area contributed by atoms with Gasteiger partial charge in [-0.2, -0.15) is 0 Å². The van der Waals surface area contributed by atoms with E-state index in [2.05, 4.69) is 18.2 Å². The molecule has 1 aromatic rings. The first-order chi connectivity index (χ1) is 6.77. The fraction of sp³-hybridized carbons (Fsp3) is 0.455. The summed E-state index contributed by atoms with van der Waals surface area (Å²) in [5.41, 5.74) is 2.69. The molecule has 0 saturated heterocycles. The Balaban J connectivity index is 2.22. The standard InChI is InChI=1S/C11H15BO2/c13-12(14)8-10-6-3-5-9-4-1-2-7-11(9)10/h1-2,4,7,10,13-14H,3,5-6,8H2. The van der Waals surface area contributed by atoms with E-state index in [1.54, 1.807) is 0 Å². The average molecular weight is 190 g/mol. The van der Waals surface area contributed by atoms with Crippen LogP contribution >= 0.6 is 0 Å². The lowest BCUT2D eigenvalue weighted by Gasteiger charge is -2.25. The first-order valence-electron chi connectivity index (χ1n) is 5.21. The lowest BCUT2D eigenvalue weighted by molar-refractivity contribution is 0.393. The minimum absolute atomic E-state index is 0.333. The van der Waals surface area contributed by atoms with E-state index in [1.165, 1.54) is 11.1 Å². The SMILES string of the molecule is OB(O)CC1CCCc2ccccc21. The minimum Gasteiger partial charge on any atom is -0.427 e. The van der Waals surface area contributed by atoms with Crippen molar-refractivity contribution < 1.29 is 10.0 Å². The molecule has 0 radical (unpaired) electrons. The van der Waals surface area contributed by atoms with Crippen LogP contribution in [0.25, 0.3) is 0 Å². The predicted octanol–water partition coefficient (Wildman–Crippen LogP) is 1.58. The highest BCUT2D eigenvalue weighted by Crippen LogP contribution is 2.34. The average Bonchev–Trinajstić information content (AvgIpc) is 2.18. The van der Waals surface area contributed by atoms with Crippen LogP contribution in [0.5, 0.6) is 0 Å². The molecule has 2 rings (SSSR count). The summed E-state index contributed by atoms with van der Waals surface area (Å²) in [4.78, 5) is 0. The highest BCUT2D eigenvalue weighted by molar-refractivity contribution is 6.41. The van der Waals surface area contributed by atoms with Crippen LogP contribution in [0.15, 0.2) is 24.3 Å². The van der Waals surface area contributed by atoms with Crippen molar-refractivity contribution in [2.45, 2.75) is 31.5 Å². The van der Waals surface area contributed by atoms with Crippen LogP contribution in [0.3, 0.4) is 0 Å². The number of rotatable bonds is 2. The molecule has 74 valence electrons. The Morgan fingerprint density at radius 2 is 2.07 bits per heavy atom. The molecule has 1 unspecified atom stereocenters. The zero-order valence-corrected chi connectivity index (χ0v) is 8.19. The number of benzene rings is 1. The third-order valence-corrected chi connectivity index (χ3v) is 2.99. The molecule has 1 atom stereocenters. The molecule has 2 N–H and O–H groups in total. The molecule has 0 bridgehead atoms. The van der Waals surface area contributed by atoms with E-state index in [4.69, 9.17) is 10.0 Å². The summed E-state index contributed by atoms with van der Waals surface area (Å²) in [6.45, 7) is 0. The molecule has 14 heavy (non-hydrogen) atoms. The molecule has 1 aromatic carbocycles. The van der Waals surface area contributed by atoms with Gasteiger partial charge in [0.15, 0.2) is 0 Å². The van der Waals surface area contributed by atoms with Crippen LogP contribution in [0.2, 0.25) is 6.32 Å². The van der Waals surface area contributed by atoms with Crippen molar-refractivity contribution in [3.8, 4) is 0 Å². The quantitative estimate of drug-likeness (QED) is 0.695. The van der Waals surface area contributed by atoms with E-state index in [0.29, 0.717) is 12.2 Å². The van der Waals surface area contributed by atoms with Gasteiger partial charge in [-0.25, -0.2) is 0 Å². The zero-order valence-electron chi connectivity index (χ0n) is 8.19. The Hall–Kier alpha value is -0.795. The van der Waals surface area contributed by atoms with Crippen LogP contribution in [-0.2, 0) is 6.42 Å². The van der Waals surface area contributed by atoms with E-state index in [9.17, 15) is 0 Å². The van der Waals surface area contributed by atoms with Crippen LogP contribution < -0.4 is 0 Å². The van der Waals surface area contributed by atoms with E-state index in [0.717, 1.165) is 19.3 Å². The fourth-order valence-corrected chi connectivity index (χ4v) is 2.35. The zero-order chi connectivity index (χ0) is 9.97. The van der Waals surface area contributed by atoms with Crippen LogP contribution in [0, 0.1) is 0 Å². The van der Waals surface area contributed by atoms with Crippen molar-refractivity contribution in [3.05, 3.63) is 35.4 Å². The second-order valence-electron chi connectivity index (χ2n) is 4.00. The molecule has 2 nitrogen and oxygen atoms in total. The largest absolute Gasteiger partial charge is 0.452 e. The van der Waals surface area contributed by atoms with Gasteiger partial charge in [-0.1, -0.05) is 24.3 Å². The molecular formula is C11H15BO2. The Labute approximate surface area is 84.7 Å². The van der Waals surface area contributed by atoms with Gasteiger partial charge in [-0.3, -0.25) is 0 Å². The molecular weight excluding hydrogens is 175 g/mol. The van der Waals surface area contributed by atoms with E-state index in [1.807, 2.05) is 6.07 Å². The minimum atomic E-state index is -1.17. The Kier molecular flexibility index (Phi) is 2.89. The highest BCUT2D eigenvalue weighted by Gasteiger charge is 2.23. The van der Waals surface area contributed by atoms with Gasteiger partial charge in [0.05, 0.1) is 0 Å². The van der Waals surface area contributed by atoms with E-state index in [-0.39, 0.29) is 0 Å². The maximum absolute atomic E-state index is 8.99. The maximum Gasteiger partial charge on any atom is 0.452 e. The first-order valence-corrected chi connectivity index (χ1v) is 5.21. The Morgan fingerprint density at radius 3 is 2.86 bits per heavy atom. The molecule has 0 spiro atoms. The lowest BCUT2D eigenvalue weighted by atomic mass is 9.70. The maximum atomic E-state index is 8.99. The topological polar surface area (TPSA) is 40.5 Å². The smallest absolute Gasteiger partial charge is 0.427 e. The predicted molar refractivity (Wildman–Crippen MR) is 57.1 cm³/mol. The third kappa shape index (κ3) is 1.99. The van der Waals surface area contributed by atoms with Gasteiger partial charge < -0.3 is 10.0 Å². The molecule has 0 saturated carbocycles. The summed E-state index contributed by atoms with van der Waals surface area (Å²) < 4.78 is 0. The summed E-state index contributed by atoms with van der Waals surface area (Å²) in [5, 5.41) is 18.0. The number of fused-ring (bicyclic) bond motifs is 1. The Morgan fingerprint density at radius 1 is 1.29 bits per heavy atom. The number of aryl methyl sites for hydroxylation is 1. The number of hydrogen-bond donors (Lipinski definition) is 2. The molecule has 1 aliphatic rings. The summed E-state index contributed by atoms with van der Waals surface area (Å²) in [7, 11) is -1.17. The molecule has 0 aliphatic heterocycles. The molecule has 1 aliphatic carbocycles. The first kappa shape index (κ1) is 9.75. The van der Waals surface area contributed by atoms with Crippen molar-refractivity contribution in [3.63, 3.8) is 0 Å². The Bertz CT molecular complexity index is 312. The van der Waals surface area contributed by atoms with Crippen molar-refractivity contribution in [1.82, 2.24) is 0 Å². The van der Waals surface area contributed by atoms with Gasteiger partial charge in [0, 0.05) is 0 Å².